The van der Waals surface area contributed by atoms with Crippen LogP contribution in [0.2, 0.25) is 5.02 Å². The van der Waals surface area contributed by atoms with Crippen LogP contribution in [0.15, 0.2) is 83.3 Å². The molecule has 0 aliphatic rings. The number of rotatable bonds is 7. The lowest BCUT2D eigenvalue weighted by molar-refractivity contribution is -0.384. The summed E-state index contributed by atoms with van der Waals surface area (Å²) in [5, 5.41) is 24.2. The summed E-state index contributed by atoms with van der Waals surface area (Å²) in [4.78, 5) is 35.1. The molecule has 2 amide bonds. The number of non-ortho nitro benzene ring substituents is 1. The maximum atomic E-state index is 12.6. The van der Waals surface area contributed by atoms with Gasteiger partial charge in [-0.05, 0) is 54.1 Å². The van der Waals surface area contributed by atoms with E-state index in [2.05, 4.69) is 20.8 Å². The fraction of sp³-hybridized carbons (Fsp3) is 0. The molecule has 0 atom stereocenters. The number of halogens is 1. The van der Waals surface area contributed by atoms with E-state index in [1.54, 1.807) is 48.5 Å². The van der Waals surface area contributed by atoms with E-state index < -0.39 is 10.8 Å². The zero-order chi connectivity index (χ0) is 24.8. The predicted molar refractivity (Wildman–Crippen MR) is 130 cm³/mol. The monoisotopic (exact) mass is 489 g/mol. The minimum Gasteiger partial charge on any atom is -0.403 e. The number of nitrogens with zero attached hydrogens (tertiary/aromatic N) is 3. The van der Waals surface area contributed by atoms with Gasteiger partial charge in [0.15, 0.2) is 0 Å². The molecule has 0 aliphatic heterocycles. The van der Waals surface area contributed by atoms with Crippen molar-refractivity contribution in [3.8, 4) is 11.5 Å². The first-order valence-electron chi connectivity index (χ1n) is 10.1. The van der Waals surface area contributed by atoms with Gasteiger partial charge in [-0.3, -0.25) is 25.0 Å². The maximum absolute atomic E-state index is 12.6. The molecule has 1 aromatic heterocycles. The SMILES string of the molecule is O=C(/C=C/c1ccc(Cl)cc1)Nc1cccc(C(=O)Nc2nnc(-c3ccc([N+](=O)[O-])cc3)o2)c1. The van der Waals surface area contributed by atoms with Crippen molar-refractivity contribution >= 4 is 46.9 Å². The molecule has 0 radical (unpaired) electrons. The predicted octanol–water partition coefficient (Wildman–Crippen LogP) is 5.20. The highest BCUT2D eigenvalue weighted by Gasteiger charge is 2.14. The number of hydrogen-bond acceptors (Lipinski definition) is 7. The summed E-state index contributed by atoms with van der Waals surface area (Å²) in [6.45, 7) is 0. The van der Waals surface area contributed by atoms with Crippen LogP contribution in [-0.2, 0) is 4.79 Å². The molecule has 0 saturated heterocycles. The van der Waals surface area contributed by atoms with Crippen LogP contribution in [0.1, 0.15) is 15.9 Å². The fourth-order valence-corrected chi connectivity index (χ4v) is 3.08. The van der Waals surface area contributed by atoms with Gasteiger partial charge in [0.1, 0.15) is 0 Å². The number of aromatic nitrogens is 2. The molecular weight excluding hydrogens is 474 g/mol. The van der Waals surface area contributed by atoms with Gasteiger partial charge >= 0.3 is 6.01 Å². The number of hydrogen-bond donors (Lipinski definition) is 2. The number of carbonyl (C=O) groups excluding carboxylic acids is 2. The van der Waals surface area contributed by atoms with E-state index in [0.29, 0.717) is 16.3 Å². The van der Waals surface area contributed by atoms with E-state index in [0.717, 1.165) is 5.56 Å². The smallest absolute Gasteiger partial charge is 0.322 e. The second-order valence-corrected chi connectivity index (χ2v) is 7.56. The van der Waals surface area contributed by atoms with E-state index in [1.165, 1.54) is 36.4 Å². The van der Waals surface area contributed by atoms with Crippen molar-refractivity contribution in [2.24, 2.45) is 0 Å². The van der Waals surface area contributed by atoms with Gasteiger partial charge in [-0.25, -0.2) is 0 Å². The van der Waals surface area contributed by atoms with Crippen molar-refractivity contribution in [1.82, 2.24) is 10.2 Å². The first-order chi connectivity index (χ1) is 16.9. The Morgan fingerprint density at radius 1 is 0.971 bits per heavy atom. The van der Waals surface area contributed by atoms with Crippen LogP contribution in [0.25, 0.3) is 17.5 Å². The third kappa shape index (κ3) is 6.15. The van der Waals surface area contributed by atoms with Gasteiger partial charge in [-0.1, -0.05) is 34.9 Å². The van der Waals surface area contributed by atoms with Crippen LogP contribution >= 0.6 is 11.6 Å². The topological polar surface area (TPSA) is 140 Å². The van der Waals surface area contributed by atoms with E-state index >= 15 is 0 Å². The molecule has 0 unspecified atom stereocenters. The zero-order valence-corrected chi connectivity index (χ0v) is 18.6. The average molecular weight is 490 g/mol. The Bertz CT molecular complexity index is 1420. The molecule has 4 rings (SSSR count). The van der Waals surface area contributed by atoms with E-state index in [9.17, 15) is 19.7 Å². The second kappa shape index (κ2) is 10.4. The summed E-state index contributed by atoms with van der Waals surface area (Å²) in [5.41, 5.74) is 1.86. The molecule has 174 valence electrons. The first kappa shape index (κ1) is 23.3. The van der Waals surface area contributed by atoms with E-state index in [-0.39, 0.29) is 29.1 Å². The third-order valence-electron chi connectivity index (χ3n) is 4.66. The van der Waals surface area contributed by atoms with Gasteiger partial charge < -0.3 is 9.73 Å². The summed E-state index contributed by atoms with van der Waals surface area (Å²) in [6.07, 6.45) is 3.01. The van der Waals surface area contributed by atoms with Crippen molar-refractivity contribution in [3.05, 3.63) is 105 Å². The van der Waals surface area contributed by atoms with Gasteiger partial charge in [0.05, 0.1) is 4.92 Å². The van der Waals surface area contributed by atoms with Crippen LogP contribution in [0.3, 0.4) is 0 Å². The largest absolute Gasteiger partial charge is 0.403 e. The molecule has 0 saturated carbocycles. The van der Waals surface area contributed by atoms with Gasteiger partial charge in [-0.2, -0.15) is 0 Å². The molecule has 0 fully saturated rings. The highest BCUT2D eigenvalue weighted by Crippen LogP contribution is 2.23. The Morgan fingerprint density at radius 3 is 2.43 bits per heavy atom. The van der Waals surface area contributed by atoms with Gasteiger partial charge in [0.2, 0.25) is 11.8 Å². The molecule has 4 aromatic rings. The highest BCUT2D eigenvalue weighted by molar-refractivity contribution is 6.30. The number of amides is 2. The second-order valence-electron chi connectivity index (χ2n) is 7.13. The molecule has 2 N–H and O–H groups in total. The lowest BCUT2D eigenvalue weighted by atomic mass is 10.2. The van der Waals surface area contributed by atoms with Gasteiger partial charge in [0.25, 0.3) is 11.6 Å². The summed E-state index contributed by atoms with van der Waals surface area (Å²) < 4.78 is 5.43. The number of nitro benzene ring substituents is 1. The van der Waals surface area contributed by atoms with Crippen LogP contribution in [0, 0.1) is 10.1 Å². The van der Waals surface area contributed by atoms with Gasteiger partial charge in [0, 0.05) is 40.0 Å². The normalized spacial score (nSPS) is 10.8. The molecule has 0 spiro atoms. The number of carbonyl (C=O) groups is 2. The number of nitrogens with one attached hydrogen (secondary N) is 2. The maximum Gasteiger partial charge on any atom is 0.322 e. The van der Waals surface area contributed by atoms with Crippen molar-refractivity contribution < 1.29 is 18.9 Å². The Labute approximate surface area is 203 Å². The van der Waals surface area contributed by atoms with Crippen LogP contribution < -0.4 is 10.6 Å². The lowest BCUT2D eigenvalue weighted by Gasteiger charge is -2.05. The summed E-state index contributed by atoms with van der Waals surface area (Å²) in [6, 6.07) is 18.7. The lowest BCUT2D eigenvalue weighted by Crippen LogP contribution is -2.13. The molecule has 0 bridgehead atoms. The first-order valence-corrected chi connectivity index (χ1v) is 10.5. The molecule has 0 aliphatic carbocycles. The van der Waals surface area contributed by atoms with Gasteiger partial charge in [-0.15, -0.1) is 5.10 Å². The number of benzene rings is 3. The number of nitro groups is 1. The van der Waals surface area contributed by atoms with Crippen LogP contribution in [0.5, 0.6) is 0 Å². The Morgan fingerprint density at radius 2 is 1.71 bits per heavy atom. The summed E-state index contributed by atoms with van der Waals surface area (Å²) in [7, 11) is 0. The molecule has 1 heterocycles. The van der Waals surface area contributed by atoms with Crippen molar-refractivity contribution in [2.45, 2.75) is 0 Å². The van der Waals surface area contributed by atoms with Crippen molar-refractivity contribution in [1.29, 1.82) is 0 Å². The molecule has 11 heteroatoms. The van der Waals surface area contributed by atoms with Crippen LogP contribution in [-0.4, -0.2) is 26.9 Å². The minimum atomic E-state index is -0.531. The van der Waals surface area contributed by atoms with Crippen molar-refractivity contribution in [3.63, 3.8) is 0 Å². The quantitative estimate of drug-likeness (QED) is 0.206. The third-order valence-corrected chi connectivity index (χ3v) is 4.91. The number of anilines is 2. The van der Waals surface area contributed by atoms with Crippen LogP contribution in [0.4, 0.5) is 17.4 Å². The van der Waals surface area contributed by atoms with E-state index in [1.807, 2.05) is 0 Å². The highest BCUT2D eigenvalue weighted by atomic mass is 35.5. The average Bonchev–Trinajstić information content (AvgIpc) is 3.32. The van der Waals surface area contributed by atoms with E-state index in [4.69, 9.17) is 16.0 Å². The molecule has 35 heavy (non-hydrogen) atoms. The summed E-state index contributed by atoms with van der Waals surface area (Å²) in [5.74, 6) is -0.817. The standard InChI is InChI=1S/C24H16ClN5O5/c25-18-9-4-15(5-10-18)6-13-21(31)26-19-3-1-2-17(14-19)22(32)27-24-29-28-23(35-24)16-7-11-20(12-8-16)30(33)34/h1-14H,(H,26,31)(H,27,29,32)/b13-6+. The molecule has 10 nitrogen and oxygen atoms in total. The zero-order valence-electron chi connectivity index (χ0n) is 17.8. The Hall–Kier alpha value is -4.83. The minimum absolute atomic E-state index is 0.0748. The molecule has 3 aromatic carbocycles. The Kier molecular flexibility index (Phi) is 6.94. The van der Waals surface area contributed by atoms with Crippen molar-refractivity contribution in [2.75, 3.05) is 10.6 Å². The fourth-order valence-electron chi connectivity index (χ4n) is 2.95. The molecular formula is C24H16ClN5O5. The Balaban J connectivity index is 1.38. The summed E-state index contributed by atoms with van der Waals surface area (Å²) >= 11 is 5.85.